The SMILES string of the molecule is CCCCCC(CC)CC(C)CCS. The Kier molecular flexibility index (Phi) is 10.1. The van der Waals surface area contributed by atoms with Crippen LogP contribution in [0.1, 0.15) is 65.7 Å². The van der Waals surface area contributed by atoms with Crippen LogP contribution in [0.25, 0.3) is 0 Å². The first-order chi connectivity index (χ1) is 6.74. The molecule has 0 aliphatic rings. The van der Waals surface area contributed by atoms with Gasteiger partial charge in [-0.1, -0.05) is 52.9 Å². The summed E-state index contributed by atoms with van der Waals surface area (Å²) in [5, 5.41) is 0. The lowest BCUT2D eigenvalue weighted by molar-refractivity contribution is 0.345. The molecule has 0 bridgehead atoms. The van der Waals surface area contributed by atoms with Crippen molar-refractivity contribution in [3.05, 3.63) is 0 Å². The molecule has 0 aromatic carbocycles. The second kappa shape index (κ2) is 9.89. The van der Waals surface area contributed by atoms with E-state index in [4.69, 9.17) is 0 Å². The summed E-state index contributed by atoms with van der Waals surface area (Å²) < 4.78 is 0. The van der Waals surface area contributed by atoms with Gasteiger partial charge in [0.2, 0.25) is 0 Å². The van der Waals surface area contributed by atoms with Crippen LogP contribution in [0.2, 0.25) is 0 Å². The van der Waals surface area contributed by atoms with E-state index >= 15 is 0 Å². The Bertz CT molecular complexity index is 112. The van der Waals surface area contributed by atoms with E-state index in [9.17, 15) is 0 Å². The zero-order valence-electron chi connectivity index (χ0n) is 10.3. The molecule has 0 fully saturated rings. The van der Waals surface area contributed by atoms with Gasteiger partial charge in [0, 0.05) is 0 Å². The molecule has 0 spiro atoms. The number of hydrogen-bond donors (Lipinski definition) is 1. The summed E-state index contributed by atoms with van der Waals surface area (Å²) in [4.78, 5) is 0. The quantitative estimate of drug-likeness (QED) is 0.409. The van der Waals surface area contributed by atoms with Crippen LogP contribution in [0.4, 0.5) is 0 Å². The van der Waals surface area contributed by atoms with Crippen LogP contribution >= 0.6 is 12.6 Å². The normalized spacial score (nSPS) is 15.4. The van der Waals surface area contributed by atoms with Crippen molar-refractivity contribution in [2.75, 3.05) is 5.75 Å². The van der Waals surface area contributed by atoms with E-state index < -0.39 is 0 Å². The van der Waals surface area contributed by atoms with Crippen LogP contribution in [-0.2, 0) is 0 Å². The molecule has 0 saturated carbocycles. The van der Waals surface area contributed by atoms with Crippen molar-refractivity contribution in [2.45, 2.75) is 65.7 Å². The van der Waals surface area contributed by atoms with Crippen molar-refractivity contribution in [3.63, 3.8) is 0 Å². The fourth-order valence-electron chi connectivity index (χ4n) is 2.08. The number of hydrogen-bond acceptors (Lipinski definition) is 1. The summed E-state index contributed by atoms with van der Waals surface area (Å²) in [5.74, 6) is 2.89. The molecule has 0 aromatic heterocycles. The molecule has 0 amide bonds. The Balaban J connectivity index is 3.55. The van der Waals surface area contributed by atoms with E-state index in [-0.39, 0.29) is 0 Å². The van der Waals surface area contributed by atoms with Gasteiger partial charge in [-0.05, 0) is 30.4 Å². The van der Waals surface area contributed by atoms with Gasteiger partial charge in [0.25, 0.3) is 0 Å². The van der Waals surface area contributed by atoms with E-state index in [0.717, 1.165) is 17.6 Å². The van der Waals surface area contributed by atoms with Gasteiger partial charge < -0.3 is 0 Å². The summed E-state index contributed by atoms with van der Waals surface area (Å²) in [5.41, 5.74) is 0. The van der Waals surface area contributed by atoms with E-state index in [1.54, 1.807) is 0 Å². The van der Waals surface area contributed by atoms with Crippen molar-refractivity contribution >= 4 is 12.6 Å². The van der Waals surface area contributed by atoms with Crippen molar-refractivity contribution in [2.24, 2.45) is 11.8 Å². The third kappa shape index (κ3) is 7.73. The Hall–Kier alpha value is 0.350. The summed E-state index contributed by atoms with van der Waals surface area (Å²) in [6.45, 7) is 6.99. The summed E-state index contributed by atoms with van der Waals surface area (Å²) in [6, 6.07) is 0. The molecule has 86 valence electrons. The Morgan fingerprint density at radius 2 is 1.79 bits per heavy atom. The van der Waals surface area contributed by atoms with E-state index in [1.165, 1.54) is 44.9 Å². The maximum atomic E-state index is 4.30. The van der Waals surface area contributed by atoms with Crippen LogP contribution in [0.5, 0.6) is 0 Å². The van der Waals surface area contributed by atoms with Gasteiger partial charge in [0.1, 0.15) is 0 Å². The van der Waals surface area contributed by atoms with Gasteiger partial charge in [-0.2, -0.15) is 12.6 Å². The second-order valence-electron chi connectivity index (χ2n) is 4.62. The smallest absolute Gasteiger partial charge is 0.00954 e. The van der Waals surface area contributed by atoms with E-state index in [1.807, 2.05) is 0 Å². The van der Waals surface area contributed by atoms with Gasteiger partial charge >= 0.3 is 0 Å². The predicted octanol–water partition coefficient (Wildman–Crippen LogP) is 4.94. The van der Waals surface area contributed by atoms with Gasteiger partial charge in [0.15, 0.2) is 0 Å². The Morgan fingerprint density at radius 1 is 1.07 bits per heavy atom. The maximum absolute atomic E-state index is 4.30. The van der Waals surface area contributed by atoms with Crippen molar-refractivity contribution < 1.29 is 0 Å². The monoisotopic (exact) mass is 216 g/mol. The molecule has 1 heteroatoms. The van der Waals surface area contributed by atoms with Crippen LogP contribution in [0, 0.1) is 11.8 Å². The topological polar surface area (TPSA) is 0 Å². The minimum Gasteiger partial charge on any atom is -0.179 e. The molecule has 0 saturated heterocycles. The standard InChI is InChI=1S/C13H28S/c1-4-6-7-8-13(5-2)11-12(3)9-10-14/h12-14H,4-11H2,1-3H3. The molecule has 2 atom stereocenters. The van der Waals surface area contributed by atoms with Crippen molar-refractivity contribution in [1.29, 1.82) is 0 Å². The minimum atomic E-state index is 0.874. The molecule has 0 rings (SSSR count). The molecule has 2 unspecified atom stereocenters. The third-order valence-electron chi connectivity index (χ3n) is 3.15. The molecule has 0 aromatic rings. The number of rotatable bonds is 9. The highest BCUT2D eigenvalue weighted by molar-refractivity contribution is 7.80. The molecule has 0 aliphatic carbocycles. The van der Waals surface area contributed by atoms with Crippen molar-refractivity contribution in [3.8, 4) is 0 Å². The molecule has 0 nitrogen and oxygen atoms in total. The van der Waals surface area contributed by atoms with Crippen molar-refractivity contribution in [1.82, 2.24) is 0 Å². The molecular weight excluding hydrogens is 188 g/mol. The zero-order valence-corrected chi connectivity index (χ0v) is 11.2. The second-order valence-corrected chi connectivity index (χ2v) is 5.07. The average Bonchev–Trinajstić information content (AvgIpc) is 2.17. The lowest BCUT2D eigenvalue weighted by atomic mass is 9.88. The summed E-state index contributed by atoms with van der Waals surface area (Å²) >= 11 is 4.30. The van der Waals surface area contributed by atoms with Crippen LogP contribution < -0.4 is 0 Å². The fourth-order valence-corrected chi connectivity index (χ4v) is 2.52. The average molecular weight is 216 g/mol. The molecule has 0 radical (unpaired) electrons. The van der Waals surface area contributed by atoms with Crippen LogP contribution in [0.15, 0.2) is 0 Å². The first-order valence-electron chi connectivity index (χ1n) is 6.35. The van der Waals surface area contributed by atoms with Crippen LogP contribution in [-0.4, -0.2) is 5.75 Å². The highest BCUT2D eigenvalue weighted by atomic mass is 32.1. The van der Waals surface area contributed by atoms with Gasteiger partial charge in [-0.3, -0.25) is 0 Å². The minimum absolute atomic E-state index is 0.874. The summed E-state index contributed by atoms with van der Waals surface area (Å²) in [6.07, 6.45) is 9.71. The predicted molar refractivity (Wildman–Crippen MR) is 70.2 cm³/mol. The molecular formula is C13H28S. The molecule has 0 aliphatic heterocycles. The number of thiol groups is 1. The highest BCUT2D eigenvalue weighted by Crippen LogP contribution is 2.23. The lowest BCUT2D eigenvalue weighted by Crippen LogP contribution is -2.06. The first kappa shape index (κ1) is 14.3. The Morgan fingerprint density at radius 3 is 2.29 bits per heavy atom. The van der Waals surface area contributed by atoms with Crippen LogP contribution in [0.3, 0.4) is 0 Å². The molecule has 0 heterocycles. The van der Waals surface area contributed by atoms with E-state index in [0.29, 0.717) is 0 Å². The zero-order chi connectivity index (χ0) is 10.8. The highest BCUT2D eigenvalue weighted by Gasteiger charge is 2.10. The van der Waals surface area contributed by atoms with Gasteiger partial charge in [-0.25, -0.2) is 0 Å². The Labute approximate surface area is 96.3 Å². The van der Waals surface area contributed by atoms with E-state index in [2.05, 4.69) is 33.4 Å². The third-order valence-corrected chi connectivity index (χ3v) is 3.41. The first-order valence-corrected chi connectivity index (χ1v) is 6.98. The lowest BCUT2D eigenvalue weighted by Gasteiger charge is -2.19. The molecule has 14 heavy (non-hydrogen) atoms. The summed E-state index contributed by atoms with van der Waals surface area (Å²) in [7, 11) is 0. The number of unbranched alkanes of at least 4 members (excludes halogenated alkanes) is 2. The fraction of sp³-hybridized carbons (Fsp3) is 1.00. The maximum Gasteiger partial charge on any atom is -0.00954 e. The van der Waals surface area contributed by atoms with Gasteiger partial charge in [0.05, 0.1) is 0 Å². The van der Waals surface area contributed by atoms with Gasteiger partial charge in [-0.15, -0.1) is 0 Å². The molecule has 0 N–H and O–H groups in total. The largest absolute Gasteiger partial charge is 0.179 e.